The van der Waals surface area contributed by atoms with Gasteiger partial charge in [0.1, 0.15) is 19.2 Å². The lowest BCUT2D eigenvalue weighted by Gasteiger charge is -2.01. The van der Waals surface area contributed by atoms with Gasteiger partial charge in [0, 0.05) is 6.42 Å². The molecular formula is C9H13N3O3. The quantitative estimate of drug-likeness (QED) is 0.628. The van der Waals surface area contributed by atoms with E-state index in [1.54, 1.807) is 6.92 Å². The summed E-state index contributed by atoms with van der Waals surface area (Å²) in [7, 11) is 0. The molecule has 0 atom stereocenters. The normalized spacial score (nSPS) is 9.93. The smallest absolute Gasteiger partial charge is 0.306 e. The van der Waals surface area contributed by atoms with Gasteiger partial charge in [-0.05, 0) is 6.92 Å². The van der Waals surface area contributed by atoms with Crippen LogP contribution in [0.25, 0.3) is 0 Å². The number of Topliss-reactive ketones (excluding diaryl/α,β-unsaturated/α-hetero) is 1. The Kier molecular flexibility index (Phi) is 4.46. The Balaban J connectivity index is 2.22. The zero-order valence-corrected chi connectivity index (χ0v) is 8.55. The zero-order valence-electron chi connectivity index (χ0n) is 8.55. The first-order valence-corrected chi connectivity index (χ1v) is 4.72. The number of carbonyl (C=O) groups excluding carboxylic acids is 2. The van der Waals surface area contributed by atoms with Crippen LogP contribution >= 0.6 is 0 Å². The van der Waals surface area contributed by atoms with E-state index in [9.17, 15) is 9.59 Å². The molecule has 0 fully saturated rings. The first-order chi connectivity index (χ1) is 7.22. The summed E-state index contributed by atoms with van der Waals surface area (Å²) in [5.74, 6) is -0.405. The van der Waals surface area contributed by atoms with Crippen molar-refractivity contribution in [3.8, 4) is 0 Å². The van der Waals surface area contributed by atoms with Gasteiger partial charge < -0.3 is 4.74 Å². The van der Waals surface area contributed by atoms with E-state index in [0.29, 0.717) is 6.61 Å². The number of esters is 1. The summed E-state index contributed by atoms with van der Waals surface area (Å²) in [6.45, 7) is 2.23. The second-order valence-corrected chi connectivity index (χ2v) is 2.94. The lowest BCUT2D eigenvalue weighted by Crippen LogP contribution is -2.13. The van der Waals surface area contributed by atoms with Crippen LogP contribution in [0.3, 0.4) is 0 Å². The summed E-state index contributed by atoms with van der Waals surface area (Å²) < 4.78 is 6.13. The summed E-state index contributed by atoms with van der Waals surface area (Å²) in [6.07, 6.45) is 3.13. The SMILES string of the molecule is CCOC(=O)CCC(=O)Cn1cncn1. The van der Waals surface area contributed by atoms with Crippen LogP contribution in [-0.4, -0.2) is 33.1 Å². The van der Waals surface area contributed by atoms with Crippen molar-refractivity contribution in [2.45, 2.75) is 26.3 Å². The highest BCUT2D eigenvalue weighted by atomic mass is 16.5. The summed E-state index contributed by atoms with van der Waals surface area (Å²) >= 11 is 0. The van der Waals surface area contributed by atoms with Crippen molar-refractivity contribution in [1.82, 2.24) is 14.8 Å². The van der Waals surface area contributed by atoms with Gasteiger partial charge in [0.05, 0.1) is 13.0 Å². The Morgan fingerprint density at radius 3 is 2.80 bits per heavy atom. The molecule has 0 aromatic carbocycles. The van der Waals surface area contributed by atoms with E-state index in [1.807, 2.05) is 0 Å². The number of nitrogens with zero attached hydrogens (tertiary/aromatic N) is 3. The monoisotopic (exact) mass is 211 g/mol. The van der Waals surface area contributed by atoms with Crippen LogP contribution in [0, 0.1) is 0 Å². The van der Waals surface area contributed by atoms with Crippen LogP contribution in [0.1, 0.15) is 19.8 Å². The second kappa shape index (κ2) is 5.90. The second-order valence-electron chi connectivity index (χ2n) is 2.94. The average Bonchev–Trinajstić information content (AvgIpc) is 2.68. The minimum Gasteiger partial charge on any atom is -0.466 e. The molecule has 0 aliphatic rings. The van der Waals surface area contributed by atoms with Gasteiger partial charge in [-0.3, -0.25) is 9.59 Å². The number of ether oxygens (including phenoxy) is 1. The van der Waals surface area contributed by atoms with Gasteiger partial charge in [0.25, 0.3) is 0 Å². The zero-order chi connectivity index (χ0) is 11.1. The molecular weight excluding hydrogens is 198 g/mol. The number of ketones is 1. The number of rotatable bonds is 6. The molecule has 82 valence electrons. The van der Waals surface area contributed by atoms with Crippen LogP contribution in [0.15, 0.2) is 12.7 Å². The summed E-state index contributed by atoms with van der Waals surface area (Å²) in [6, 6.07) is 0. The molecule has 0 unspecified atom stereocenters. The molecule has 0 aliphatic carbocycles. The molecule has 0 bridgehead atoms. The fourth-order valence-electron chi connectivity index (χ4n) is 1.05. The Morgan fingerprint density at radius 1 is 1.40 bits per heavy atom. The Bertz CT molecular complexity index is 321. The highest BCUT2D eigenvalue weighted by molar-refractivity contribution is 5.82. The molecule has 0 saturated carbocycles. The molecule has 1 heterocycles. The molecule has 1 aromatic rings. The predicted octanol–water partition coefficient (Wildman–Crippen LogP) is 0.190. The van der Waals surface area contributed by atoms with Crippen molar-refractivity contribution in [3.63, 3.8) is 0 Å². The van der Waals surface area contributed by atoms with E-state index < -0.39 is 0 Å². The number of aromatic nitrogens is 3. The van der Waals surface area contributed by atoms with Gasteiger partial charge in [0.15, 0.2) is 5.78 Å². The maximum absolute atomic E-state index is 11.3. The number of carbonyl (C=O) groups is 2. The van der Waals surface area contributed by atoms with E-state index in [4.69, 9.17) is 4.74 Å². The molecule has 6 heteroatoms. The van der Waals surface area contributed by atoms with Crippen LogP contribution in [0.2, 0.25) is 0 Å². The summed E-state index contributed by atoms with van der Waals surface area (Å²) in [4.78, 5) is 26.0. The highest BCUT2D eigenvalue weighted by Crippen LogP contribution is 1.96. The topological polar surface area (TPSA) is 74.1 Å². The van der Waals surface area contributed by atoms with Gasteiger partial charge in [-0.15, -0.1) is 0 Å². The Hall–Kier alpha value is -1.72. The van der Waals surface area contributed by atoms with Crippen molar-refractivity contribution in [2.75, 3.05) is 6.61 Å². The Labute approximate surface area is 87.2 Å². The van der Waals surface area contributed by atoms with Crippen molar-refractivity contribution in [3.05, 3.63) is 12.7 Å². The van der Waals surface area contributed by atoms with Gasteiger partial charge >= 0.3 is 5.97 Å². The highest BCUT2D eigenvalue weighted by Gasteiger charge is 2.08. The van der Waals surface area contributed by atoms with Gasteiger partial charge in [0.2, 0.25) is 0 Å². The van der Waals surface area contributed by atoms with Crippen LogP contribution in [-0.2, 0) is 20.9 Å². The van der Waals surface area contributed by atoms with Crippen molar-refractivity contribution in [2.24, 2.45) is 0 Å². The summed E-state index contributed by atoms with van der Waals surface area (Å²) in [5.41, 5.74) is 0. The lowest BCUT2D eigenvalue weighted by atomic mass is 10.2. The van der Waals surface area contributed by atoms with Crippen molar-refractivity contribution < 1.29 is 14.3 Å². The average molecular weight is 211 g/mol. The van der Waals surface area contributed by atoms with Crippen molar-refractivity contribution >= 4 is 11.8 Å². The number of hydrogen-bond donors (Lipinski definition) is 0. The first-order valence-electron chi connectivity index (χ1n) is 4.72. The molecule has 6 nitrogen and oxygen atoms in total. The third-order valence-electron chi connectivity index (χ3n) is 1.72. The number of hydrogen-bond acceptors (Lipinski definition) is 5. The molecule has 0 radical (unpaired) electrons. The minimum absolute atomic E-state index is 0.0615. The standard InChI is InChI=1S/C9H13N3O3/c1-2-15-9(14)4-3-8(13)5-12-7-10-6-11-12/h6-7H,2-5H2,1H3. The molecule has 0 amide bonds. The molecule has 1 aromatic heterocycles. The molecule has 0 spiro atoms. The van der Waals surface area contributed by atoms with Crippen molar-refractivity contribution in [1.29, 1.82) is 0 Å². The van der Waals surface area contributed by atoms with Gasteiger partial charge in [-0.2, -0.15) is 5.10 Å². The van der Waals surface area contributed by atoms with Gasteiger partial charge in [-0.25, -0.2) is 9.67 Å². The minimum atomic E-state index is -0.343. The Morgan fingerprint density at radius 2 is 2.20 bits per heavy atom. The largest absolute Gasteiger partial charge is 0.466 e. The van der Waals surface area contributed by atoms with E-state index in [0.717, 1.165) is 0 Å². The maximum Gasteiger partial charge on any atom is 0.306 e. The fourth-order valence-corrected chi connectivity index (χ4v) is 1.05. The van der Waals surface area contributed by atoms with Gasteiger partial charge in [-0.1, -0.05) is 0 Å². The predicted molar refractivity (Wildman–Crippen MR) is 50.9 cm³/mol. The van der Waals surface area contributed by atoms with E-state index >= 15 is 0 Å². The maximum atomic E-state index is 11.3. The van der Waals surface area contributed by atoms with Crippen LogP contribution in [0.4, 0.5) is 0 Å². The molecule has 0 saturated heterocycles. The lowest BCUT2D eigenvalue weighted by molar-refractivity contribution is -0.144. The van der Waals surface area contributed by atoms with E-state index in [1.165, 1.54) is 17.3 Å². The first kappa shape index (κ1) is 11.4. The molecule has 1 rings (SSSR count). The van der Waals surface area contributed by atoms with E-state index in [2.05, 4.69) is 10.1 Å². The summed E-state index contributed by atoms with van der Waals surface area (Å²) in [5, 5.41) is 3.79. The third kappa shape index (κ3) is 4.35. The van der Waals surface area contributed by atoms with E-state index in [-0.39, 0.29) is 31.1 Å². The fraction of sp³-hybridized carbons (Fsp3) is 0.556. The molecule has 15 heavy (non-hydrogen) atoms. The third-order valence-corrected chi connectivity index (χ3v) is 1.72. The molecule has 0 N–H and O–H groups in total. The van der Waals surface area contributed by atoms with Crippen LogP contribution < -0.4 is 0 Å². The molecule has 0 aliphatic heterocycles. The van der Waals surface area contributed by atoms with Crippen LogP contribution in [0.5, 0.6) is 0 Å².